The van der Waals surface area contributed by atoms with Gasteiger partial charge in [-0.2, -0.15) is 0 Å². The van der Waals surface area contributed by atoms with Crippen molar-refractivity contribution in [3.63, 3.8) is 0 Å². The number of hydrogen-bond donors (Lipinski definition) is 1. The van der Waals surface area contributed by atoms with Gasteiger partial charge < -0.3 is 9.40 Å². The fourth-order valence-corrected chi connectivity index (χ4v) is 1.76. The molecule has 0 saturated heterocycles. The molecule has 2 aromatic heterocycles. The van der Waals surface area contributed by atoms with E-state index in [2.05, 4.69) is 25.9 Å². The van der Waals surface area contributed by atoms with Gasteiger partial charge in [-0.1, -0.05) is 13.3 Å². The Morgan fingerprint density at radius 2 is 2.31 bits per heavy atom. The summed E-state index contributed by atoms with van der Waals surface area (Å²) in [7, 11) is 0. The highest BCUT2D eigenvalue weighted by molar-refractivity contribution is 9.10. The van der Waals surface area contributed by atoms with Crippen LogP contribution in [0.25, 0.3) is 11.6 Å². The lowest BCUT2D eigenvalue weighted by molar-refractivity contribution is 0.550. The van der Waals surface area contributed by atoms with E-state index in [1.165, 1.54) is 6.07 Å². The first-order valence-corrected chi connectivity index (χ1v) is 5.84. The number of furan rings is 1. The Bertz CT molecular complexity index is 545. The third-order valence-electron chi connectivity index (χ3n) is 2.11. The molecule has 2 rings (SSSR count). The molecule has 2 aromatic rings. The van der Waals surface area contributed by atoms with E-state index in [0.717, 1.165) is 18.5 Å². The largest absolute Gasteiger partial charge is 0.446 e. The molecule has 0 saturated carbocycles. The molecule has 16 heavy (non-hydrogen) atoms. The number of aromatic nitrogens is 2. The second-order valence-corrected chi connectivity index (χ2v) is 4.22. The van der Waals surface area contributed by atoms with Gasteiger partial charge in [0.1, 0.15) is 0 Å². The molecule has 0 aliphatic carbocycles. The number of H-pyrrole nitrogens is 1. The highest BCUT2D eigenvalue weighted by Gasteiger charge is 2.07. The van der Waals surface area contributed by atoms with E-state index >= 15 is 0 Å². The molecule has 1 N–H and O–H groups in total. The highest BCUT2D eigenvalue weighted by atomic mass is 79.9. The Labute approximate surface area is 101 Å². The average molecular weight is 283 g/mol. The maximum absolute atomic E-state index is 11.4. The van der Waals surface area contributed by atoms with Gasteiger partial charge >= 0.3 is 0 Å². The van der Waals surface area contributed by atoms with Gasteiger partial charge in [-0.05, 0) is 34.5 Å². The van der Waals surface area contributed by atoms with E-state index in [1.807, 2.05) is 6.92 Å². The van der Waals surface area contributed by atoms with Gasteiger partial charge in [0.25, 0.3) is 5.56 Å². The van der Waals surface area contributed by atoms with Gasteiger partial charge in [0.05, 0.1) is 0 Å². The van der Waals surface area contributed by atoms with Crippen molar-refractivity contribution >= 4 is 15.9 Å². The molecule has 84 valence electrons. The van der Waals surface area contributed by atoms with Crippen LogP contribution in [-0.4, -0.2) is 9.97 Å². The zero-order chi connectivity index (χ0) is 11.5. The molecular formula is C11H11BrN2O2. The van der Waals surface area contributed by atoms with Gasteiger partial charge in [-0.25, -0.2) is 4.98 Å². The fraction of sp³-hybridized carbons (Fsp3) is 0.273. The molecule has 0 spiro atoms. The van der Waals surface area contributed by atoms with Crippen molar-refractivity contribution in [2.75, 3.05) is 0 Å². The summed E-state index contributed by atoms with van der Waals surface area (Å²) in [6, 6.07) is 5.05. The molecule has 0 radical (unpaired) electrons. The number of rotatable bonds is 3. The van der Waals surface area contributed by atoms with Crippen molar-refractivity contribution in [1.29, 1.82) is 0 Å². The van der Waals surface area contributed by atoms with E-state index < -0.39 is 0 Å². The van der Waals surface area contributed by atoms with Crippen LogP contribution < -0.4 is 5.56 Å². The van der Waals surface area contributed by atoms with Crippen molar-refractivity contribution in [3.05, 3.63) is 38.9 Å². The summed E-state index contributed by atoms with van der Waals surface area (Å²) < 4.78 is 5.96. The maximum atomic E-state index is 11.4. The van der Waals surface area contributed by atoms with Crippen LogP contribution in [0, 0.1) is 0 Å². The average Bonchev–Trinajstić information content (AvgIpc) is 2.64. The molecule has 0 unspecified atom stereocenters. The number of nitrogens with zero attached hydrogens (tertiary/aromatic N) is 1. The Kier molecular flexibility index (Phi) is 3.24. The standard InChI is InChI=1S/C11H11BrN2O2/c1-2-3-7-6-10(15)14-11(13-7)8-4-5-9(12)16-8/h4-6H,2-3H2,1H3,(H,13,14,15). The summed E-state index contributed by atoms with van der Waals surface area (Å²) in [5.41, 5.74) is 0.634. The minimum Gasteiger partial charge on any atom is -0.446 e. The van der Waals surface area contributed by atoms with Crippen LogP contribution in [0.2, 0.25) is 0 Å². The fourth-order valence-electron chi connectivity index (χ4n) is 1.45. The maximum Gasteiger partial charge on any atom is 0.251 e. The summed E-state index contributed by atoms with van der Waals surface area (Å²) in [4.78, 5) is 18.4. The lowest BCUT2D eigenvalue weighted by Crippen LogP contribution is -2.10. The molecule has 0 fully saturated rings. The lowest BCUT2D eigenvalue weighted by atomic mass is 10.2. The first kappa shape index (κ1) is 11.1. The van der Waals surface area contributed by atoms with Crippen LogP contribution in [0.15, 0.2) is 32.1 Å². The number of aryl methyl sites for hydroxylation is 1. The number of nitrogens with one attached hydrogen (secondary N) is 1. The number of aromatic amines is 1. The van der Waals surface area contributed by atoms with Crippen LogP contribution in [0.3, 0.4) is 0 Å². The molecule has 0 aliphatic heterocycles. The van der Waals surface area contributed by atoms with Gasteiger partial charge in [0.15, 0.2) is 16.3 Å². The smallest absolute Gasteiger partial charge is 0.251 e. The zero-order valence-corrected chi connectivity index (χ0v) is 10.4. The van der Waals surface area contributed by atoms with Crippen LogP contribution in [-0.2, 0) is 6.42 Å². The predicted octanol–water partition coefficient (Wildman–Crippen LogP) is 2.74. The summed E-state index contributed by atoms with van der Waals surface area (Å²) in [5.74, 6) is 1.03. The second kappa shape index (κ2) is 4.65. The van der Waals surface area contributed by atoms with Crippen LogP contribution in [0.1, 0.15) is 19.0 Å². The molecule has 0 aliphatic rings. The molecule has 0 atom stereocenters. The summed E-state index contributed by atoms with van der Waals surface area (Å²) in [5, 5.41) is 0. The van der Waals surface area contributed by atoms with E-state index in [9.17, 15) is 4.79 Å². The Morgan fingerprint density at radius 3 is 2.94 bits per heavy atom. The summed E-state index contributed by atoms with van der Waals surface area (Å²) in [6.07, 6.45) is 1.75. The number of halogens is 1. The topological polar surface area (TPSA) is 58.9 Å². The zero-order valence-electron chi connectivity index (χ0n) is 8.79. The van der Waals surface area contributed by atoms with Gasteiger partial charge in [-0.15, -0.1) is 0 Å². The molecule has 0 bridgehead atoms. The monoisotopic (exact) mass is 282 g/mol. The summed E-state index contributed by atoms with van der Waals surface area (Å²) in [6.45, 7) is 2.05. The molecule has 0 amide bonds. The highest BCUT2D eigenvalue weighted by Crippen LogP contribution is 2.21. The Morgan fingerprint density at radius 1 is 1.50 bits per heavy atom. The van der Waals surface area contributed by atoms with E-state index in [1.54, 1.807) is 12.1 Å². The van der Waals surface area contributed by atoms with Crippen molar-refractivity contribution < 1.29 is 4.42 Å². The molecule has 0 aromatic carbocycles. The van der Waals surface area contributed by atoms with Crippen molar-refractivity contribution in [1.82, 2.24) is 9.97 Å². The lowest BCUT2D eigenvalue weighted by Gasteiger charge is -2.00. The number of hydrogen-bond acceptors (Lipinski definition) is 3. The van der Waals surface area contributed by atoms with Crippen molar-refractivity contribution in [2.45, 2.75) is 19.8 Å². The molecule has 5 heteroatoms. The van der Waals surface area contributed by atoms with Gasteiger partial charge in [0.2, 0.25) is 0 Å². The van der Waals surface area contributed by atoms with Gasteiger partial charge in [0, 0.05) is 11.8 Å². The SMILES string of the molecule is CCCc1cc(=O)[nH]c(-c2ccc(Br)o2)n1. The van der Waals surface area contributed by atoms with Gasteiger partial charge in [-0.3, -0.25) is 4.79 Å². The van der Waals surface area contributed by atoms with Crippen LogP contribution >= 0.6 is 15.9 Å². The Hall–Kier alpha value is -1.36. The Balaban J connectivity index is 2.44. The van der Waals surface area contributed by atoms with Crippen LogP contribution in [0.5, 0.6) is 0 Å². The van der Waals surface area contributed by atoms with Crippen molar-refractivity contribution in [3.8, 4) is 11.6 Å². The minimum atomic E-state index is -0.152. The third-order valence-corrected chi connectivity index (χ3v) is 2.53. The van der Waals surface area contributed by atoms with Crippen LogP contribution in [0.4, 0.5) is 0 Å². The summed E-state index contributed by atoms with van der Waals surface area (Å²) >= 11 is 3.21. The first-order chi connectivity index (χ1) is 7.69. The minimum absolute atomic E-state index is 0.152. The predicted molar refractivity (Wildman–Crippen MR) is 64.3 cm³/mol. The van der Waals surface area contributed by atoms with E-state index in [-0.39, 0.29) is 5.56 Å². The molecule has 2 heterocycles. The first-order valence-electron chi connectivity index (χ1n) is 5.05. The van der Waals surface area contributed by atoms with E-state index in [4.69, 9.17) is 4.42 Å². The third kappa shape index (κ3) is 2.41. The second-order valence-electron chi connectivity index (χ2n) is 3.44. The van der Waals surface area contributed by atoms with E-state index in [0.29, 0.717) is 16.3 Å². The quantitative estimate of drug-likeness (QED) is 0.942. The van der Waals surface area contributed by atoms with Crippen molar-refractivity contribution in [2.24, 2.45) is 0 Å². The molecule has 4 nitrogen and oxygen atoms in total. The normalized spacial score (nSPS) is 10.6. The molecular weight excluding hydrogens is 272 g/mol.